The van der Waals surface area contributed by atoms with Crippen LogP contribution in [0.15, 0.2) is 51.5 Å². The van der Waals surface area contributed by atoms with Crippen LogP contribution in [0.4, 0.5) is 13.2 Å². The Morgan fingerprint density at radius 1 is 1.12 bits per heavy atom. The summed E-state index contributed by atoms with van der Waals surface area (Å²) in [6.45, 7) is 0. The number of ether oxygens (including phenoxy) is 1. The van der Waals surface area contributed by atoms with Gasteiger partial charge < -0.3 is 14.4 Å². The standard InChI is InChI=1S/C16H10BrF3N2O3/c17-10-3-6-13(23)12(8-10)15-21-14(22-25-15)7-9-1-4-11(5-2-9)24-16(18,19)20/h1-6,8,23H,7H2. The summed E-state index contributed by atoms with van der Waals surface area (Å²) >= 11 is 3.29. The lowest BCUT2D eigenvalue weighted by atomic mass is 10.1. The Kier molecular flexibility index (Phi) is 4.67. The molecule has 0 aliphatic heterocycles. The molecule has 3 aromatic rings. The number of aromatic nitrogens is 2. The molecule has 9 heteroatoms. The van der Waals surface area contributed by atoms with Crippen LogP contribution < -0.4 is 4.74 Å². The monoisotopic (exact) mass is 414 g/mol. The highest BCUT2D eigenvalue weighted by Crippen LogP contribution is 2.31. The van der Waals surface area contributed by atoms with Gasteiger partial charge in [0.25, 0.3) is 5.89 Å². The minimum atomic E-state index is -4.73. The van der Waals surface area contributed by atoms with E-state index in [1.807, 2.05) is 0 Å². The maximum absolute atomic E-state index is 12.1. The molecule has 130 valence electrons. The number of alkyl halides is 3. The third kappa shape index (κ3) is 4.50. The van der Waals surface area contributed by atoms with Crippen molar-refractivity contribution < 1.29 is 27.5 Å². The van der Waals surface area contributed by atoms with Crippen LogP contribution in [0.5, 0.6) is 11.5 Å². The highest BCUT2D eigenvalue weighted by atomic mass is 79.9. The molecule has 0 atom stereocenters. The third-order valence-electron chi connectivity index (χ3n) is 3.18. The molecule has 0 aliphatic carbocycles. The van der Waals surface area contributed by atoms with Crippen molar-refractivity contribution in [2.75, 3.05) is 0 Å². The van der Waals surface area contributed by atoms with Crippen LogP contribution in [0.3, 0.4) is 0 Å². The molecular formula is C16H10BrF3N2O3. The number of rotatable bonds is 4. The van der Waals surface area contributed by atoms with Crippen LogP contribution in [0.2, 0.25) is 0 Å². The van der Waals surface area contributed by atoms with Crippen LogP contribution in [0.25, 0.3) is 11.5 Å². The second kappa shape index (κ2) is 6.75. The molecule has 25 heavy (non-hydrogen) atoms. The molecule has 0 saturated heterocycles. The smallest absolute Gasteiger partial charge is 0.507 e. The predicted molar refractivity (Wildman–Crippen MR) is 85.0 cm³/mol. The Hall–Kier alpha value is -2.55. The second-order valence-electron chi connectivity index (χ2n) is 5.05. The van der Waals surface area contributed by atoms with Gasteiger partial charge in [0.15, 0.2) is 5.82 Å². The van der Waals surface area contributed by atoms with Gasteiger partial charge in [0.2, 0.25) is 0 Å². The Bertz CT molecular complexity index is 879. The van der Waals surface area contributed by atoms with Crippen LogP contribution in [-0.4, -0.2) is 21.6 Å². The van der Waals surface area contributed by atoms with E-state index in [1.165, 1.54) is 30.3 Å². The van der Waals surface area contributed by atoms with Crippen molar-refractivity contribution in [1.29, 1.82) is 0 Å². The van der Waals surface area contributed by atoms with E-state index in [0.717, 1.165) is 4.47 Å². The van der Waals surface area contributed by atoms with Gasteiger partial charge in [-0.3, -0.25) is 0 Å². The normalized spacial score (nSPS) is 11.5. The molecule has 0 fully saturated rings. The fourth-order valence-corrected chi connectivity index (χ4v) is 2.47. The van der Waals surface area contributed by atoms with E-state index in [2.05, 4.69) is 30.8 Å². The van der Waals surface area contributed by atoms with Gasteiger partial charge >= 0.3 is 6.36 Å². The molecular weight excluding hydrogens is 405 g/mol. The van der Waals surface area contributed by atoms with Crippen molar-refractivity contribution in [3.8, 4) is 23.0 Å². The van der Waals surface area contributed by atoms with E-state index >= 15 is 0 Å². The van der Waals surface area contributed by atoms with Gasteiger partial charge in [-0.1, -0.05) is 33.2 Å². The zero-order valence-electron chi connectivity index (χ0n) is 12.4. The average molecular weight is 415 g/mol. The number of phenols is 1. The molecule has 0 spiro atoms. The van der Waals surface area contributed by atoms with Crippen molar-refractivity contribution in [3.63, 3.8) is 0 Å². The summed E-state index contributed by atoms with van der Waals surface area (Å²) in [7, 11) is 0. The fourth-order valence-electron chi connectivity index (χ4n) is 2.11. The summed E-state index contributed by atoms with van der Waals surface area (Å²) in [4.78, 5) is 4.19. The minimum Gasteiger partial charge on any atom is -0.507 e. The van der Waals surface area contributed by atoms with Crippen molar-refractivity contribution in [2.45, 2.75) is 12.8 Å². The summed E-state index contributed by atoms with van der Waals surface area (Å²) in [6.07, 6.45) is -4.47. The third-order valence-corrected chi connectivity index (χ3v) is 3.67. The average Bonchev–Trinajstić information content (AvgIpc) is 2.98. The van der Waals surface area contributed by atoms with Gasteiger partial charge in [0, 0.05) is 10.9 Å². The fraction of sp³-hybridized carbons (Fsp3) is 0.125. The molecule has 0 bridgehead atoms. The summed E-state index contributed by atoms with van der Waals surface area (Å²) < 4.78 is 46.1. The minimum absolute atomic E-state index is 0.00736. The number of halogens is 4. The van der Waals surface area contributed by atoms with E-state index in [9.17, 15) is 18.3 Å². The molecule has 1 aromatic heterocycles. The summed E-state index contributed by atoms with van der Waals surface area (Å²) in [5.74, 6) is 0.167. The lowest BCUT2D eigenvalue weighted by Crippen LogP contribution is -2.17. The van der Waals surface area contributed by atoms with E-state index < -0.39 is 6.36 Å². The first-order chi connectivity index (χ1) is 11.8. The van der Waals surface area contributed by atoms with Crippen molar-refractivity contribution >= 4 is 15.9 Å². The molecule has 1 N–H and O–H groups in total. The first-order valence-corrected chi connectivity index (χ1v) is 7.75. The van der Waals surface area contributed by atoms with Gasteiger partial charge in [0.05, 0.1) is 5.56 Å². The molecule has 0 saturated carbocycles. The topological polar surface area (TPSA) is 68.4 Å². The molecule has 0 unspecified atom stereocenters. The van der Waals surface area contributed by atoms with Crippen LogP contribution in [-0.2, 0) is 6.42 Å². The van der Waals surface area contributed by atoms with Crippen molar-refractivity contribution in [2.24, 2.45) is 0 Å². The van der Waals surface area contributed by atoms with E-state index in [0.29, 0.717) is 17.0 Å². The maximum Gasteiger partial charge on any atom is 0.573 e. The van der Waals surface area contributed by atoms with Crippen molar-refractivity contribution in [1.82, 2.24) is 10.1 Å². The molecule has 1 heterocycles. The second-order valence-corrected chi connectivity index (χ2v) is 5.96. The van der Waals surface area contributed by atoms with E-state index in [4.69, 9.17) is 4.52 Å². The van der Waals surface area contributed by atoms with Gasteiger partial charge in [-0.25, -0.2) is 0 Å². The Labute approximate surface area is 148 Å². The first kappa shape index (κ1) is 17.3. The van der Waals surface area contributed by atoms with E-state index in [1.54, 1.807) is 12.1 Å². The number of aromatic hydroxyl groups is 1. The lowest BCUT2D eigenvalue weighted by Gasteiger charge is -2.08. The Balaban J connectivity index is 1.74. The summed E-state index contributed by atoms with van der Waals surface area (Å²) in [6, 6.07) is 10.2. The van der Waals surface area contributed by atoms with Crippen molar-refractivity contribution in [3.05, 3.63) is 58.3 Å². The van der Waals surface area contributed by atoms with Crippen LogP contribution in [0, 0.1) is 0 Å². The maximum atomic E-state index is 12.1. The van der Waals surface area contributed by atoms with Crippen LogP contribution >= 0.6 is 15.9 Å². The molecule has 0 radical (unpaired) electrons. The predicted octanol–water partition coefficient (Wildman–Crippen LogP) is 4.69. The lowest BCUT2D eigenvalue weighted by molar-refractivity contribution is -0.274. The molecule has 0 amide bonds. The molecule has 2 aromatic carbocycles. The molecule has 5 nitrogen and oxygen atoms in total. The zero-order chi connectivity index (χ0) is 18.0. The highest BCUT2D eigenvalue weighted by Gasteiger charge is 2.30. The zero-order valence-corrected chi connectivity index (χ0v) is 14.0. The Morgan fingerprint density at radius 2 is 1.84 bits per heavy atom. The van der Waals surface area contributed by atoms with Gasteiger partial charge in [-0.2, -0.15) is 4.98 Å². The first-order valence-electron chi connectivity index (χ1n) is 6.96. The number of hydrogen-bond donors (Lipinski definition) is 1. The SMILES string of the molecule is Oc1ccc(Br)cc1-c1nc(Cc2ccc(OC(F)(F)F)cc2)no1. The quantitative estimate of drug-likeness (QED) is 0.670. The number of nitrogens with zero attached hydrogens (tertiary/aromatic N) is 2. The van der Waals surface area contributed by atoms with Gasteiger partial charge in [0.1, 0.15) is 11.5 Å². The summed E-state index contributed by atoms with van der Waals surface area (Å²) in [5, 5.41) is 13.7. The Morgan fingerprint density at radius 3 is 2.52 bits per heavy atom. The molecule has 0 aliphatic rings. The van der Waals surface area contributed by atoms with Gasteiger partial charge in [-0.05, 0) is 35.9 Å². The summed E-state index contributed by atoms with van der Waals surface area (Å²) in [5.41, 5.74) is 1.06. The number of benzene rings is 2. The molecule has 3 rings (SSSR count). The highest BCUT2D eigenvalue weighted by molar-refractivity contribution is 9.10. The largest absolute Gasteiger partial charge is 0.573 e. The van der Waals surface area contributed by atoms with Gasteiger partial charge in [-0.15, -0.1) is 13.2 Å². The number of phenolic OH excluding ortho intramolecular Hbond substituents is 1. The number of hydrogen-bond acceptors (Lipinski definition) is 5. The van der Waals surface area contributed by atoms with Crippen LogP contribution in [0.1, 0.15) is 11.4 Å². The van der Waals surface area contributed by atoms with E-state index in [-0.39, 0.29) is 23.8 Å².